The summed E-state index contributed by atoms with van der Waals surface area (Å²) < 4.78 is 27.8. The van der Waals surface area contributed by atoms with Crippen LogP contribution in [0.2, 0.25) is 0 Å². The molecule has 2 N–H and O–H groups in total. The van der Waals surface area contributed by atoms with Crippen LogP contribution in [-0.4, -0.2) is 46.0 Å². The van der Waals surface area contributed by atoms with Crippen LogP contribution in [0, 0.1) is 0 Å². The first-order valence-electron chi connectivity index (χ1n) is 7.52. The van der Waals surface area contributed by atoms with Crippen molar-refractivity contribution in [3.8, 4) is 0 Å². The van der Waals surface area contributed by atoms with E-state index >= 15 is 0 Å². The fraction of sp³-hybridized carbons (Fsp3) is 0.600. The van der Waals surface area contributed by atoms with E-state index in [1.165, 1.54) is 0 Å². The standard InChI is InChI=1S/C15H25N3O2S/c1-3-16-12-13-5-4-6-15(11-13)21(19,20)17-14-7-9-18(2)10-8-14/h4-6,11,14,16-17H,3,7-10,12H2,1-2H3. The van der Waals surface area contributed by atoms with Gasteiger partial charge in [-0.3, -0.25) is 0 Å². The van der Waals surface area contributed by atoms with E-state index in [0.29, 0.717) is 11.4 Å². The van der Waals surface area contributed by atoms with E-state index in [1.54, 1.807) is 18.2 Å². The number of sulfonamides is 1. The number of rotatable bonds is 6. The predicted molar refractivity (Wildman–Crippen MR) is 84.7 cm³/mol. The summed E-state index contributed by atoms with van der Waals surface area (Å²) in [6, 6.07) is 7.20. The first kappa shape index (κ1) is 16.4. The molecule has 1 aromatic rings. The van der Waals surface area contributed by atoms with E-state index < -0.39 is 10.0 Å². The fourth-order valence-corrected chi connectivity index (χ4v) is 3.88. The van der Waals surface area contributed by atoms with Crippen molar-refractivity contribution in [2.75, 3.05) is 26.7 Å². The third kappa shape index (κ3) is 4.78. The van der Waals surface area contributed by atoms with Gasteiger partial charge in [0.2, 0.25) is 10.0 Å². The van der Waals surface area contributed by atoms with Gasteiger partial charge in [0, 0.05) is 12.6 Å². The molecular weight excluding hydrogens is 286 g/mol. The average Bonchev–Trinajstić information content (AvgIpc) is 2.48. The molecule has 21 heavy (non-hydrogen) atoms. The molecule has 0 spiro atoms. The maximum atomic E-state index is 12.5. The van der Waals surface area contributed by atoms with Crippen LogP contribution in [0.15, 0.2) is 29.2 Å². The Bertz CT molecular complexity index is 552. The maximum absolute atomic E-state index is 12.5. The molecule has 0 atom stereocenters. The van der Waals surface area contributed by atoms with Gasteiger partial charge in [-0.05, 0) is 57.2 Å². The SMILES string of the molecule is CCNCc1cccc(S(=O)(=O)NC2CCN(C)CC2)c1. The molecule has 0 amide bonds. The molecule has 0 aliphatic carbocycles. The molecule has 0 aromatic heterocycles. The first-order valence-corrected chi connectivity index (χ1v) is 9.00. The maximum Gasteiger partial charge on any atom is 0.240 e. The highest BCUT2D eigenvalue weighted by molar-refractivity contribution is 7.89. The van der Waals surface area contributed by atoms with Crippen molar-refractivity contribution in [3.05, 3.63) is 29.8 Å². The third-order valence-electron chi connectivity index (χ3n) is 3.83. The van der Waals surface area contributed by atoms with E-state index in [-0.39, 0.29) is 6.04 Å². The molecule has 0 radical (unpaired) electrons. The van der Waals surface area contributed by atoms with Gasteiger partial charge in [-0.1, -0.05) is 19.1 Å². The summed E-state index contributed by atoms with van der Waals surface area (Å²) in [5, 5.41) is 3.21. The lowest BCUT2D eigenvalue weighted by Crippen LogP contribution is -2.43. The molecule has 0 saturated carbocycles. The largest absolute Gasteiger partial charge is 0.313 e. The van der Waals surface area contributed by atoms with E-state index in [0.717, 1.165) is 38.0 Å². The zero-order chi connectivity index (χ0) is 15.3. The summed E-state index contributed by atoms with van der Waals surface area (Å²) in [7, 11) is -1.36. The van der Waals surface area contributed by atoms with Gasteiger partial charge in [-0.15, -0.1) is 0 Å². The van der Waals surface area contributed by atoms with Crippen molar-refractivity contribution in [2.45, 2.75) is 37.2 Å². The lowest BCUT2D eigenvalue weighted by atomic mass is 10.1. The van der Waals surface area contributed by atoms with Crippen molar-refractivity contribution in [3.63, 3.8) is 0 Å². The Morgan fingerprint density at radius 1 is 1.29 bits per heavy atom. The van der Waals surface area contributed by atoms with Crippen molar-refractivity contribution in [1.29, 1.82) is 0 Å². The number of hydrogen-bond donors (Lipinski definition) is 2. The van der Waals surface area contributed by atoms with E-state index in [9.17, 15) is 8.42 Å². The summed E-state index contributed by atoms with van der Waals surface area (Å²) in [5.74, 6) is 0. The lowest BCUT2D eigenvalue weighted by Gasteiger charge is -2.29. The van der Waals surface area contributed by atoms with Crippen molar-refractivity contribution in [2.24, 2.45) is 0 Å². The molecule has 1 fully saturated rings. The van der Waals surface area contributed by atoms with Gasteiger partial charge in [0.05, 0.1) is 4.90 Å². The molecule has 5 nitrogen and oxygen atoms in total. The molecule has 1 saturated heterocycles. The van der Waals surface area contributed by atoms with Crippen LogP contribution in [0.1, 0.15) is 25.3 Å². The number of likely N-dealkylation sites (tertiary alicyclic amines) is 1. The van der Waals surface area contributed by atoms with E-state index in [2.05, 4.69) is 22.0 Å². The van der Waals surface area contributed by atoms with E-state index in [4.69, 9.17) is 0 Å². The Morgan fingerprint density at radius 2 is 2.00 bits per heavy atom. The molecule has 1 heterocycles. The lowest BCUT2D eigenvalue weighted by molar-refractivity contribution is 0.248. The number of nitrogens with zero attached hydrogens (tertiary/aromatic N) is 1. The summed E-state index contributed by atoms with van der Waals surface area (Å²) in [5.41, 5.74) is 0.989. The Hall–Kier alpha value is -0.950. The summed E-state index contributed by atoms with van der Waals surface area (Å²) in [6.07, 6.45) is 1.74. The van der Waals surface area contributed by atoms with E-state index in [1.807, 2.05) is 13.0 Å². The number of benzene rings is 1. The van der Waals surface area contributed by atoms with Gasteiger partial charge in [-0.25, -0.2) is 13.1 Å². The second-order valence-corrected chi connectivity index (χ2v) is 7.34. The van der Waals surface area contributed by atoms with Gasteiger partial charge in [-0.2, -0.15) is 0 Å². The topological polar surface area (TPSA) is 61.4 Å². The van der Waals surface area contributed by atoms with Crippen LogP contribution in [0.25, 0.3) is 0 Å². The number of piperidine rings is 1. The van der Waals surface area contributed by atoms with Crippen LogP contribution >= 0.6 is 0 Å². The van der Waals surface area contributed by atoms with Gasteiger partial charge in [0.25, 0.3) is 0 Å². The Morgan fingerprint density at radius 3 is 2.67 bits per heavy atom. The highest BCUT2D eigenvalue weighted by Gasteiger charge is 2.23. The second kappa shape index (κ2) is 7.35. The minimum absolute atomic E-state index is 0.0450. The fourth-order valence-electron chi connectivity index (χ4n) is 2.51. The summed E-state index contributed by atoms with van der Waals surface area (Å²) in [6.45, 7) is 5.46. The quantitative estimate of drug-likeness (QED) is 0.828. The van der Waals surface area contributed by atoms with Crippen molar-refractivity contribution >= 4 is 10.0 Å². The Balaban J connectivity index is 2.05. The molecule has 1 aliphatic rings. The monoisotopic (exact) mass is 311 g/mol. The minimum Gasteiger partial charge on any atom is -0.313 e. The van der Waals surface area contributed by atoms with Crippen LogP contribution in [0.4, 0.5) is 0 Å². The molecule has 2 rings (SSSR count). The number of hydrogen-bond acceptors (Lipinski definition) is 4. The zero-order valence-electron chi connectivity index (χ0n) is 12.8. The van der Waals surface area contributed by atoms with Gasteiger partial charge in [0.1, 0.15) is 0 Å². The molecular formula is C15H25N3O2S. The van der Waals surface area contributed by atoms with Crippen molar-refractivity contribution < 1.29 is 8.42 Å². The average molecular weight is 311 g/mol. The highest BCUT2D eigenvalue weighted by atomic mass is 32.2. The molecule has 1 aliphatic heterocycles. The first-order chi connectivity index (χ1) is 10.0. The summed E-state index contributed by atoms with van der Waals surface area (Å²) in [4.78, 5) is 2.58. The molecule has 0 bridgehead atoms. The van der Waals surface area contributed by atoms with Gasteiger partial charge in [0.15, 0.2) is 0 Å². The number of nitrogens with one attached hydrogen (secondary N) is 2. The highest BCUT2D eigenvalue weighted by Crippen LogP contribution is 2.15. The Kier molecular flexibility index (Phi) is 5.75. The normalized spacial score (nSPS) is 18.0. The minimum atomic E-state index is -3.42. The Labute approximate surface area is 127 Å². The predicted octanol–water partition coefficient (Wildman–Crippen LogP) is 1.17. The second-order valence-electron chi connectivity index (χ2n) is 5.63. The van der Waals surface area contributed by atoms with Gasteiger partial charge < -0.3 is 10.2 Å². The van der Waals surface area contributed by atoms with Crippen LogP contribution in [0.5, 0.6) is 0 Å². The van der Waals surface area contributed by atoms with Crippen molar-refractivity contribution in [1.82, 2.24) is 14.9 Å². The third-order valence-corrected chi connectivity index (χ3v) is 5.35. The van der Waals surface area contributed by atoms with Crippen LogP contribution in [-0.2, 0) is 16.6 Å². The van der Waals surface area contributed by atoms with Gasteiger partial charge >= 0.3 is 0 Å². The molecule has 118 valence electrons. The summed E-state index contributed by atoms with van der Waals surface area (Å²) >= 11 is 0. The zero-order valence-corrected chi connectivity index (χ0v) is 13.6. The van der Waals surface area contributed by atoms with Crippen LogP contribution in [0.3, 0.4) is 0 Å². The smallest absolute Gasteiger partial charge is 0.240 e. The molecule has 6 heteroatoms. The molecule has 0 unspecified atom stereocenters. The molecule has 1 aromatic carbocycles. The van der Waals surface area contributed by atoms with Crippen LogP contribution < -0.4 is 10.0 Å².